The summed E-state index contributed by atoms with van der Waals surface area (Å²) in [7, 11) is 0. The van der Waals surface area contributed by atoms with Crippen molar-refractivity contribution in [1.29, 1.82) is 0 Å². The number of imide groups is 2. The van der Waals surface area contributed by atoms with Gasteiger partial charge in [0.2, 0.25) is 0 Å². The number of hydrogen-bond acceptors (Lipinski definition) is 14. The Hall–Kier alpha value is -7.32. The third-order valence-electron chi connectivity index (χ3n) is 25.1. The zero-order valence-corrected chi connectivity index (χ0v) is 79.0. The van der Waals surface area contributed by atoms with Crippen molar-refractivity contribution < 1.29 is 19.2 Å². The number of fused-ring (bicyclic) bond motifs is 2. The molecule has 620 valence electrons. The van der Waals surface area contributed by atoms with Crippen LogP contribution in [0, 0.1) is 11.8 Å². The second-order valence-corrected chi connectivity index (χ2v) is 44.6. The van der Waals surface area contributed by atoms with Gasteiger partial charge in [0.05, 0.1) is 0 Å². The van der Waals surface area contributed by atoms with E-state index in [2.05, 4.69) is 189 Å². The maximum absolute atomic E-state index is 16.6. The highest BCUT2D eigenvalue weighted by Crippen LogP contribution is 2.59. The predicted octanol–water partition coefficient (Wildman–Crippen LogP) is 35.1. The van der Waals surface area contributed by atoms with E-state index < -0.39 is 0 Å². The van der Waals surface area contributed by atoms with Gasteiger partial charge in [0, 0.05) is 166 Å². The van der Waals surface area contributed by atoms with Crippen molar-refractivity contribution in [2.24, 2.45) is 11.8 Å². The van der Waals surface area contributed by atoms with Gasteiger partial charge < -0.3 is 0 Å². The molecule has 120 heavy (non-hydrogen) atoms. The Kier molecular flexibility index (Phi) is 27.2. The number of carbonyl (C=O) groups is 4. The Bertz CT molecular complexity index is 5800. The number of nitrogens with zero attached hydrogens (tertiary/aromatic N) is 2. The Morgan fingerprint density at radius 2 is 0.517 bits per heavy atom. The molecule has 0 fully saturated rings. The zero-order chi connectivity index (χ0) is 82.7. The number of thiophene rings is 10. The fourth-order valence-corrected chi connectivity index (χ4v) is 29.6. The molecule has 2 atom stereocenters. The molecule has 15 aromatic rings. The molecule has 2 aliphatic rings. The van der Waals surface area contributed by atoms with E-state index in [0.29, 0.717) is 46.1 Å². The van der Waals surface area contributed by atoms with E-state index in [-0.39, 0.29) is 35.5 Å². The highest BCUT2D eigenvalue weighted by molar-refractivity contribution is 7.29. The SMILES string of the molecule is CCCCCCc1ccc(-c2ccc(-c3cc(-c4ccc(-c5ccc(CCCCCC)s5)s4)c(-c4cc5c6c(ccc7c8c(-c9sc(-c%10ccc(-c%11ccc(CCCCCC)s%11)s%10)cc9-c9ccc(-c%10ccc(CCCCCC)s%10)s9)cc9c%10c(ccc(c4c67)c%108)C(=O)N(CC(CC)CCCC)C9=O)C(=O)N(CC(CC)CCCC)C5=O)s3)s2)s1. The maximum atomic E-state index is 16.6. The molecule has 0 bridgehead atoms. The van der Waals surface area contributed by atoms with Crippen LogP contribution in [-0.2, 0) is 25.7 Å². The highest BCUT2D eigenvalue weighted by Gasteiger charge is 2.41. The molecule has 0 spiro atoms. The van der Waals surface area contributed by atoms with E-state index in [1.807, 2.05) is 103 Å². The van der Waals surface area contributed by atoms with Crippen molar-refractivity contribution >= 4 is 180 Å². The van der Waals surface area contributed by atoms with Gasteiger partial charge in [-0.25, -0.2) is 0 Å². The molecule has 6 nitrogen and oxygen atoms in total. The monoisotopic (exact) mass is 1770 g/mol. The minimum atomic E-state index is -0.262. The average molecular weight is 1770 g/mol. The normalized spacial score (nSPS) is 13.6. The van der Waals surface area contributed by atoms with Gasteiger partial charge in [-0.15, -0.1) is 113 Å². The van der Waals surface area contributed by atoms with Crippen LogP contribution in [0.15, 0.2) is 146 Å². The first-order valence-corrected chi connectivity index (χ1v) is 53.0. The first kappa shape index (κ1) is 84.9. The molecule has 10 aromatic heterocycles. The number of aryl methyl sites for hydroxylation is 4. The summed E-state index contributed by atoms with van der Waals surface area (Å²) in [6.07, 6.45) is 31.7. The van der Waals surface area contributed by atoms with Gasteiger partial charge in [0.1, 0.15) is 0 Å². The van der Waals surface area contributed by atoms with Crippen LogP contribution in [0.1, 0.15) is 270 Å². The quantitative estimate of drug-likeness (QED) is 0.0165. The second kappa shape index (κ2) is 38.4. The van der Waals surface area contributed by atoms with Crippen molar-refractivity contribution in [3.63, 3.8) is 0 Å². The molecule has 12 heterocycles. The lowest BCUT2D eigenvalue weighted by atomic mass is 9.78. The summed E-state index contributed by atoms with van der Waals surface area (Å²) in [6.45, 7) is 18.6. The van der Waals surface area contributed by atoms with E-state index in [0.717, 1.165) is 161 Å². The van der Waals surface area contributed by atoms with E-state index in [1.54, 1.807) is 32.5 Å². The van der Waals surface area contributed by atoms with Crippen molar-refractivity contribution in [2.75, 3.05) is 13.1 Å². The molecule has 16 heteroatoms. The molecular weight excluding hydrogens is 1660 g/mol. The predicted molar refractivity (Wildman–Crippen MR) is 530 cm³/mol. The average Bonchev–Trinajstić information content (AvgIpc) is 1.03. The van der Waals surface area contributed by atoms with Gasteiger partial charge in [0.15, 0.2) is 0 Å². The summed E-state index contributed by atoms with van der Waals surface area (Å²) in [5.41, 5.74) is 6.09. The van der Waals surface area contributed by atoms with E-state index in [1.165, 1.54) is 171 Å². The molecule has 0 saturated heterocycles. The van der Waals surface area contributed by atoms with Crippen molar-refractivity contribution in [2.45, 2.75) is 235 Å². The fourth-order valence-electron chi connectivity index (χ4n) is 18.3. The molecule has 0 aliphatic carbocycles. The van der Waals surface area contributed by atoms with E-state index in [4.69, 9.17) is 0 Å². The smallest absolute Gasteiger partial charge is 0.261 e. The van der Waals surface area contributed by atoms with Crippen molar-refractivity contribution in [3.8, 4) is 100 Å². The minimum absolute atomic E-state index is 0.135. The summed E-state index contributed by atoms with van der Waals surface area (Å²) in [5, 5.41) is 6.66. The lowest BCUT2D eigenvalue weighted by molar-refractivity contribution is 0.0565. The molecule has 4 amide bonds. The summed E-state index contributed by atoms with van der Waals surface area (Å²) >= 11 is 18.6. The van der Waals surface area contributed by atoms with Gasteiger partial charge in [-0.2, -0.15) is 0 Å². The Labute approximate surface area is 749 Å². The van der Waals surface area contributed by atoms with Gasteiger partial charge in [0.25, 0.3) is 23.6 Å². The first-order valence-electron chi connectivity index (χ1n) is 44.9. The highest BCUT2D eigenvalue weighted by atomic mass is 32.1. The van der Waals surface area contributed by atoms with Crippen LogP contribution in [0.2, 0.25) is 0 Å². The summed E-state index contributed by atoms with van der Waals surface area (Å²) in [5.74, 6) is -0.775. The van der Waals surface area contributed by atoms with Crippen LogP contribution in [0.3, 0.4) is 0 Å². The lowest BCUT2D eigenvalue weighted by Crippen LogP contribution is -2.43. The van der Waals surface area contributed by atoms with E-state index >= 15 is 19.2 Å². The van der Waals surface area contributed by atoms with Gasteiger partial charge in [-0.3, -0.25) is 29.0 Å². The number of rotatable bonds is 42. The minimum Gasteiger partial charge on any atom is -0.274 e. The maximum Gasteiger partial charge on any atom is 0.261 e. The molecule has 0 radical (unpaired) electrons. The standard InChI is InChI=1S/C104H110N2O4S10/c1-9-17-23-27-33-65-37-45-81(111-65)85-51-49-79(115-85)73-59-91(89-55-53-87(117-89)83-47-39-67(113-83)35-29-25-19-11-3)119-99(73)75-57-77-95-71(101(107)105(103(77)109)61-63(15-7)31-21-13-5)44-42-70-94-76(58-78-96-72(43-41-69(98(94)96)93(75)97(70)95)102(108)106(104(78)110)62-64(16-8)32-22-14-6)100-74(80-50-52-86(116-80)82-46-38-66(112-82)34-28-24-18-10-2)60-92(120-100)90-56-54-88(118-90)84-48-40-68(114-84)36-30-26-20-12-4/h37-60,63-64H,9-36,61-62H2,1-8H3. The fraction of sp³-hybridized carbons (Fsp3) is 0.385. The van der Waals surface area contributed by atoms with Crippen LogP contribution in [0.5, 0.6) is 0 Å². The summed E-state index contributed by atoms with van der Waals surface area (Å²) in [6, 6.07) is 54.7. The Morgan fingerprint density at radius 1 is 0.233 bits per heavy atom. The van der Waals surface area contributed by atoms with Gasteiger partial charge in [-0.05, 0) is 242 Å². The van der Waals surface area contributed by atoms with Gasteiger partial charge >= 0.3 is 0 Å². The van der Waals surface area contributed by atoms with Crippen molar-refractivity contribution in [1.82, 2.24) is 9.80 Å². The van der Waals surface area contributed by atoms with Crippen LogP contribution in [0.4, 0.5) is 0 Å². The summed E-state index contributed by atoms with van der Waals surface area (Å²) < 4.78 is 0. The number of benzene rings is 5. The summed E-state index contributed by atoms with van der Waals surface area (Å²) in [4.78, 5) is 93.1. The molecule has 2 aliphatic heterocycles. The lowest BCUT2D eigenvalue weighted by Gasteiger charge is -2.33. The largest absolute Gasteiger partial charge is 0.274 e. The van der Waals surface area contributed by atoms with Gasteiger partial charge in [-0.1, -0.05) is 183 Å². The third-order valence-corrected chi connectivity index (χ3v) is 37.6. The Balaban J connectivity index is 0.929. The molecular formula is C104H110N2O4S10. The molecule has 5 aromatic carbocycles. The first-order chi connectivity index (χ1) is 58.8. The molecule has 2 unspecified atom stereocenters. The number of amides is 4. The van der Waals surface area contributed by atoms with Crippen LogP contribution < -0.4 is 0 Å². The number of carbonyl (C=O) groups excluding carboxylic acids is 4. The second-order valence-electron chi connectivity index (χ2n) is 33.5. The molecule has 17 rings (SSSR count). The number of unbranched alkanes of at least 4 members (excludes halogenated alkanes) is 14. The topological polar surface area (TPSA) is 74.8 Å². The Morgan fingerprint density at radius 3 is 0.833 bits per heavy atom. The van der Waals surface area contributed by atoms with E-state index in [9.17, 15) is 0 Å². The third kappa shape index (κ3) is 17.1. The zero-order valence-electron chi connectivity index (χ0n) is 70.8. The molecule has 0 saturated carbocycles. The molecule has 0 N–H and O–H groups in total. The van der Waals surface area contributed by atoms with Crippen LogP contribution >= 0.6 is 113 Å². The van der Waals surface area contributed by atoms with Crippen LogP contribution in [-0.4, -0.2) is 46.5 Å². The van der Waals surface area contributed by atoms with Crippen LogP contribution in [0.25, 0.3) is 143 Å². The number of hydrogen-bond donors (Lipinski definition) is 0. The van der Waals surface area contributed by atoms with Crippen molar-refractivity contribution in [3.05, 3.63) is 187 Å².